The van der Waals surface area contributed by atoms with Gasteiger partial charge in [0.25, 0.3) is 0 Å². The Hall–Kier alpha value is -0.760. The maximum atomic E-state index is 2.62. The summed E-state index contributed by atoms with van der Waals surface area (Å²) < 4.78 is 2.37. The third-order valence-electron chi connectivity index (χ3n) is 2.98. The summed E-state index contributed by atoms with van der Waals surface area (Å²) in [4.78, 5) is 2.62. The molecule has 0 amide bonds. The molecule has 1 aromatic rings. The molecule has 0 radical (unpaired) electrons. The zero-order chi connectivity index (χ0) is 7.97. The first-order chi connectivity index (χ1) is 5.93. The minimum Gasteiger partial charge on any atom is -0.349 e. The molecule has 0 N–H and O–H groups in total. The summed E-state index contributed by atoms with van der Waals surface area (Å²) in [6, 6.07) is 5.33. The number of hydrogen-bond donors (Lipinski definition) is 0. The summed E-state index contributed by atoms with van der Waals surface area (Å²) in [5, 5.41) is 0. The second-order valence-corrected chi connectivity index (χ2v) is 3.89. The molecule has 2 nitrogen and oxygen atoms in total. The van der Waals surface area contributed by atoms with Crippen molar-refractivity contribution in [3.63, 3.8) is 0 Å². The maximum absolute atomic E-state index is 2.62. The van der Waals surface area contributed by atoms with Crippen molar-refractivity contribution in [2.45, 2.75) is 32.0 Å². The first kappa shape index (κ1) is 6.72. The number of fused-ring (bicyclic) bond motifs is 1. The summed E-state index contributed by atoms with van der Waals surface area (Å²) in [7, 11) is 0. The van der Waals surface area contributed by atoms with E-state index in [9.17, 15) is 0 Å². The van der Waals surface area contributed by atoms with Gasteiger partial charge in [-0.2, -0.15) is 0 Å². The van der Waals surface area contributed by atoms with Crippen molar-refractivity contribution in [1.82, 2.24) is 9.47 Å². The van der Waals surface area contributed by atoms with Gasteiger partial charge in [-0.3, -0.25) is 4.90 Å². The van der Waals surface area contributed by atoms with Crippen LogP contribution in [-0.2, 0) is 13.1 Å². The molecule has 1 aromatic heterocycles. The van der Waals surface area contributed by atoms with Gasteiger partial charge in [-0.15, -0.1) is 0 Å². The van der Waals surface area contributed by atoms with E-state index in [0.717, 1.165) is 6.04 Å². The van der Waals surface area contributed by atoms with Crippen molar-refractivity contribution < 1.29 is 0 Å². The average molecular weight is 162 g/mol. The summed E-state index contributed by atoms with van der Waals surface area (Å²) in [6.07, 6.45) is 5.06. The minimum atomic E-state index is 0.925. The summed E-state index contributed by atoms with van der Waals surface area (Å²) in [5.41, 5.74) is 1.49. The smallest absolute Gasteiger partial charge is 0.0390 e. The Morgan fingerprint density at radius 1 is 1.25 bits per heavy atom. The molecule has 1 aliphatic heterocycles. The van der Waals surface area contributed by atoms with E-state index in [-0.39, 0.29) is 0 Å². The first-order valence-corrected chi connectivity index (χ1v) is 4.81. The zero-order valence-electron chi connectivity index (χ0n) is 7.24. The molecule has 1 saturated carbocycles. The zero-order valence-corrected chi connectivity index (χ0v) is 7.24. The molecule has 2 heterocycles. The summed E-state index contributed by atoms with van der Waals surface area (Å²) in [5.74, 6) is 0. The Labute approximate surface area is 72.8 Å². The SMILES string of the molecule is c1cc2n(c1)CCN(C1CC1)C2. The van der Waals surface area contributed by atoms with E-state index in [2.05, 4.69) is 27.8 Å². The van der Waals surface area contributed by atoms with Crippen LogP contribution in [0.1, 0.15) is 18.5 Å². The second-order valence-electron chi connectivity index (χ2n) is 3.89. The van der Waals surface area contributed by atoms with Crippen LogP contribution in [0.2, 0.25) is 0 Å². The van der Waals surface area contributed by atoms with E-state index < -0.39 is 0 Å². The van der Waals surface area contributed by atoms with Crippen molar-refractivity contribution in [2.75, 3.05) is 6.54 Å². The van der Waals surface area contributed by atoms with Gasteiger partial charge in [0.2, 0.25) is 0 Å². The van der Waals surface area contributed by atoms with Gasteiger partial charge in [0.15, 0.2) is 0 Å². The van der Waals surface area contributed by atoms with E-state index in [1.54, 1.807) is 0 Å². The van der Waals surface area contributed by atoms with Gasteiger partial charge < -0.3 is 4.57 Å². The van der Waals surface area contributed by atoms with Gasteiger partial charge in [0, 0.05) is 37.6 Å². The summed E-state index contributed by atoms with van der Waals surface area (Å²) >= 11 is 0. The average Bonchev–Trinajstić information content (AvgIpc) is 2.84. The lowest BCUT2D eigenvalue weighted by Gasteiger charge is -2.28. The highest BCUT2D eigenvalue weighted by atomic mass is 15.2. The van der Waals surface area contributed by atoms with Crippen LogP contribution in [0.15, 0.2) is 18.3 Å². The van der Waals surface area contributed by atoms with Crippen LogP contribution >= 0.6 is 0 Å². The van der Waals surface area contributed by atoms with Gasteiger partial charge >= 0.3 is 0 Å². The number of nitrogens with zero attached hydrogens (tertiary/aromatic N) is 2. The van der Waals surface area contributed by atoms with Gasteiger partial charge in [0.1, 0.15) is 0 Å². The van der Waals surface area contributed by atoms with Crippen LogP contribution < -0.4 is 0 Å². The Kier molecular flexibility index (Phi) is 1.32. The fourth-order valence-corrected chi connectivity index (χ4v) is 2.09. The van der Waals surface area contributed by atoms with E-state index in [1.165, 1.54) is 38.2 Å². The van der Waals surface area contributed by atoms with Crippen LogP contribution in [0.5, 0.6) is 0 Å². The van der Waals surface area contributed by atoms with Gasteiger partial charge in [-0.25, -0.2) is 0 Å². The molecule has 1 fully saturated rings. The Morgan fingerprint density at radius 2 is 2.17 bits per heavy atom. The van der Waals surface area contributed by atoms with Crippen molar-refractivity contribution in [3.8, 4) is 0 Å². The van der Waals surface area contributed by atoms with E-state index in [0.29, 0.717) is 0 Å². The number of aromatic nitrogens is 1. The van der Waals surface area contributed by atoms with Crippen molar-refractivity contribution in [3.05, 3.63) is 24.0 Å². The molecule has 2 aliphatic rings. The fraction of sp³-hybridized carbons (Fsp3) is 0.600. The fourth-order valence-electron chi connectivity index (χ4n) is 2.09. The van der Waals surface area contributed by atoms with Crippen molar-refractivity contribution in [1.29, 1.82) is 0 Å². The Morgan fingerprint density at radius 3 is 3.00 bits per heavy atom. The highest BCUT2D eigenvalue weighted by molar-refractivity contribution is 5.10. The molecule has 0 bridgehead atoms. The molecule has 2 heteroatoms. The molecule has 3 rings (SSSR count). The molecule has 0 atom stereocenters. The van der Waals surface area contributed by atoms with Gasteiger partial charge in [-0.1, -0.05) is 0 Å². The molecular weight excluding hydrogens is 148 g/mol. The molecule has 0 spiro atoms. The molecule has 0 unspecified atom stereocenters. The van der Waals surface area contributed by atoms with Crippen LogP contribution in [-0.4, -0.2) is 22.1 Å². The van der Waals surface area contributed by atoms with E-state index >= 15 is 0 Å². The first-order valence-electron chi connectivity index (χ1n) is 4.81. The molecule has 0 saturated heterocycles. The van der Waals surface area contributed by atoms with Gasteiger partial charge in [-0.05, 0) is 25.0 Å². The van der Waals surface area contributed by atoms with Crippen LogP contribution in [0.3, 0.4) is 0 Å². The molecular formula is C10H14N2. The number of hydrogen-bond acceptors (Lipinski definition) is 1. The lowest BCUT2D eigenvalue weighted by Crippen LogP contribution is -2.34. The molecule has 64 valence electrons. The van der Waals surface area contributed by atoms with Crippen molar-refractivity contribution >= 4 is 0 Å². The van der Waals surface area contributed by atoms with E-state index in [1.807, 2.05) is 0 Å². The number of rotatable bonds is 1. The lowest BCUT2D eigenvalue weighted by atomic mass is 10.3. The second kappa shape index (κ2) is 2.36. The topological polar surface area (TPSA) is 8.17 Å². The highest BCUT2D eigenvalue weighted by Gasteiger charge is 2.30. The van der Waals surface area contributed by atoms with Crippen molar-refractivity contribution in [2.24, 2.45) is 0 Å². The normalized spacial score (nSPS) is 24.0. The molecule has 12 heavy (non-hydrogen) atoms. The van der Waals surface area contributed by atoms with Crippen LogP contribution in [0.4, 0.5) is 0 Å². The molecule has 1 aliphatic carbocycles. The molecule has 0 aromatic carbocycles. The standard InChI is InChI=1S/C10H14N2/c1-2-10-8-12(9-3-4-9)7-6-11(10)5-1/h1-2,5,9H,3-4,6-8H2. The highest BCUT2D eigenvalue weighted by Crippen LogP contribution is 2.29. The van der Waals surface area contributed by atoms with Gasteiger partial charge in [0.05, 0.1) is 0 Å². The lowest BCUT2D eigenvalue weighted by molar-refractivity contribution is 0.211. The Balaban J connectivity index is 1.83. The van der Waals surface area contributed by atoms with Crippen LogP contribution in [0, 0.1) is 0 Å². The predicted octanol–water partition coefficient (Wildman–Crippen LogP) is 1.47. The third-order valence-corrected chi connectivity index (χ3v) is 2.98. The monoisotopic (exact) mass is 162 g/mol. The minimum absolute atomic E-state index is 0.925. The third kappa shape index (κ3) is 0.985. The quantitative estimate of drug-likeness (QED) is 0.607. The summed E-state index contributed by atoms with van der Waals surface area (Å²) in [6.45, 7) is 3.63. The Bertz CT molecular complexity index is 286. The maximum Gasteiger partial charge on any atom is 0.0390 e. The van der Waals surface area contributed by atoms with E-state index in [4.69, 9.17) is 0 Å². The van der Waals surface area contributed by atoms with Crippen LogP contribution in [0.25, 0.3) is 0 Å². The predicted molar refractivity (Wildman–Crippen MR) is 47.9 cm³/mol. The largest absolute Gasteiger partial charge is 0.349 e.